The molecule has 1 aliphatic heterocycles. The molecule has 1 heterocycles. The third kappa shape index (κ3) is 11.2. The summed E-state index contributed by atoms with van der Waals surface area (Å²) in [5.41, 5.74) is -7.43. The molecule has 0 radical (unpaired) electrons. The van der Waals surface area contributed by atoms with Crippen LogP contribution in [0.25, 0.3) is 0 Å². The van der Waals surface area contributed by atoms with Crippen molar-refractivity contribution < 1.29 is 86.9 Å². The summed E-state index contributed by atoms with van der Waals surface area (Å²) < 4.78 is 37.2. The van der Waals surface area contributed by atoms with E-state index in [1.165, 1.54) is 64.1 Å². The summed E-state index contributed by atoms with van der Waals surface area (Å²) in [4.78, 5) is 124. The van der Waals surface area contributed by atoms with Gasteiger partial charge in [-0.2, -0.15) is 0 Å². The van der Waals surface area contributed by atoms with Crippen LogP contribution in [-0.2, 0) is 58.8 Å². The maximum absolute atomic E-state index is 16.3. The monoisotopic (exact) mass is 1100 g/mol. The molecule has 20 heteroatoms. The van der Waals surface area contributed by atoms with Crippen LogP contribution in [0.15, 0.2) is 126 Å². The van der Waals surface area contributed by atoms with Crippen LogP contribution < -0.4 is 15.7 Å². The summed E-state index contributed by atoms with van der Waals surface area (Å²) in [6.07, 6.45) is -12.3. The largest absolute Gasteiger partial charge is 0.545 e. The van der Waals surface area contributed by atoms with Crippen molar-refractivity contribution in [1.82, 2.24) is 10.6 Å². The molecule has 4 N–H and O–H groups in total. The lowest BCUT2D eigenvalue weighted by molar-refractivity contribution is -0.345. The fraction of sp³-hybridized carbons (Fsp3) is 0.417. The van der Waals surface area contributed by atoms with E-state index in [4.69, 9.17) is 28.4 Å². The Morgan fingerprint density at radius 1 is 0.775 bits per heavy atom. The Kier molecular flexibility index (Phi) is 16.9. The van der Waals surface area contributed by atoms with Crippen LogP contribution >= 0.6 is 0 Å². The number of aromatic carboxylic acids is 1. The number of carbonyl (C=O) groups is 9. The summed E-state index contributed by atoms with van der Waals surface area (Å²) >= 11 is 0. The number of aliphatic hydroxyl groups excluding tert-OH is 1. The van der Waals surface area contributed by atoms with E-state index in [0.717, 1.165) is 13.8 Å². The molecule has 2 saturated carbocycles. The van der Waals surface area contributed by atoms with Gasteiger partial charge in [0.2, 0.25) is 0 Å². The van der Waals surface area contributed by atoms with Crippen LogP contribution in [0.5, 0.6) is 0 Å². The molecule has 8 rings (SSSR count). The van der Waals surface area contributed by atoms with Crippen LogP contribution in [-0.4, -0.2) is 125 Å². The molecular formula is C60H63N2O18-. The van der Waals surface area contributed by atoms with Gasteiger partial charge in [-0.15, -0.1) is 0 Å². The van der Waals surface area contributed by atoms with Crippen LogP contribution in [0.1, 0.15) is 115 Å². The molecule has 4 aromatic carbocycles. The zero-order chi connectivity index (χ0) is 57.9. The standard InChI is InChI=1S/C60H64N2O18/c1-33-42(77-55(72)47(66)46(37-17-10-7-11-18-37)62-52(68)38-19-12-8-13-20-38)31-60(74)51(79-54(71)40-21-14-9-15-22-40)49-58(6,50(67)48(76-34(2)63)45(33)57(60,4)5)43(30-44-59(49,32-75-44)80-35(3)64)78-56(73)61-28-16-23-41(65)29-36-24-26-39(27-25-36)53(69)70/h7-15,17-22,24-27,42-44,46-49,51,66,74H,16,23,28-32H2,1-6H3,(H,61,73)(H,62,68)(H,69,70)/p-1/t42-,43?,44+,46-,47+,48+,49-,51-,58+,59-,60+/m0/s1. The van der Waals surface area contributed by atoms with Crippen LogP contribution in [0.2, 0.25) is 0 Å². The van der Waals surface area contributed by atoms with E-state index in [-0.39, 0.29) is 65.8 Å². The van der Waals surface area contributed by atoms with Crippen LogP contribution in [0.4, 0.5) is 4.79 Å². The molecule has 1 saturated heterocycles. The molecule has 4 aliphatic rings. The summed E-state index contributed by atoms with van der Waals surface area (Å²) in [5.74, 6) is -9.01. The Morgan fingerprint density at radius 2 is 1.39 bits per heavy atom. The third-order valence-electron chi connectivity index (χ3n) is 16.2. The molecule has 0 aromatic heterocycles. The number of fused-ring (bicyclic) bond motifs is 5. The molecule has 80 heavy (non-hydrogen) atoms. The second kappa shape index (κ2) is 23.3. The Balaban J connectivity index is 1.19. The number of carbonyl (C=O) groups excluding carboxylic acids is 9. The molecule has 3 fully saturated rings. The average Bonchev–Trinajstić information content (AvgIpc) is 3.52. The molecule has 422 valence electrons. The second-order valence-electron chi connectivity index (χ2n) is 21.5. The molecule has 2 bridgehead atoms. The average molecular weight is 1100 g/mol. The van der Waals surface area contributed by atoms with E-state index in [1.807, 2.05) is 0 Å². The Morgan fingerprint density at radius 3 is 1.96 bits per heavy atom. The van der Waals surface area contributed by atoms with Gasteiger partial charge in [-0.25, -0.2) is 14.4 Å². The highest BCUT2D eigenvalue weighted by Gasteiger charge is 2.79. The molecule has 4 aromatic rings. The van der Waals surface area contributed by atoms with Crippen molar-refractivity contribution in [2.45, 2.75) is 128 Å². The Labute approximate surface area is 461 Å². The first kappa shape index (κ1) is 58.1. The number of Topliss-reactive ketones (excluding diaryl/α,β-unsaturated/α-hetero) is 2. The second-order valence-corrected chi connectivity index (χ2v) is 21.5. The van der Waals surface area contributed by atoms with Gasteiger partial charge >= 0.3 is 30.0 Å². The lowest BCUT2D eigenvalue weighted by Gasteiger charge is -2.67. The van der Waals surface area contributed by atoms with Crippen molar-refractivity contribution in [1.29, 1.82) is 0 Å². The molecular weight excluding hydrogens is 1040 g/mol. The van der Waals surface area contributed by atoms with E-state index >= 15 is 4.79 Å². The van der Waals surface area contributed by atoms with Gasteiger partial charge in [-0.3, -0.25) is 24.0 Å². The predicted molar refractivity (Wildman–Crippen MR) is 279 cm³/mol. The molecule has 3 aliphatic carbocycles. The fourth-order valence-corrected chi connectivity index (χ4v) is 12.1. The minimum Gasteiger partial charge on any atom is -0.545 e. The maximum atomic E-state index is 16.3. The zero-order valence-corrected chi connectivity index (χ0v) is 45.0. The summed E-state index contributed by atoms with van der Waals surface area (Å²) in [6.45, 7) is 7.55. The van der Waals surface area contributed by atoms with Gasteiger partial charge < -0.3 is 59.2 Å². The number of aliphatic hydroxyl groups is 2. The number of nitrogens with one attached hydrogen (secondary N) is 2. The van der Waals surface area contributed by atoms with Gasteiger partial charge in [0.1, 0.15) is 35.8 Å². The summed E-state index contributed by atoms with van der Waals surface area (Å²) in [7, 11) is 0. The summed E-state index contributed by atoms with van der Waals surface area (Å²) in [5, 5.41) is 42.6. The number of ether oxygens (including phenoxy) is 6. The number of amides is 2. The maximum Gasteiger partial charge on any atom is 0.407 e. The Hall–Kier alpha value is -8.07. The SMILES string of the molecule is CC(=O)O[C@H]1C(=O)[C@]2(C)C(OC(=O)NCCCC(=O)Cc3ccc(C(=O)[O-])cc3)C[C@H]3OC[C@@]3(OC(C)=O)[C@H]2[C@H](OC(=O)c2ccccc2)[C@]2(O)C[C@H](OC(=O)[C@H](O)[C@@H](NC(=O)c3ccccc3)c3ccccc3)C(C)=C1C2(C)C. The minimum atomic E-state index is -2.53. The fourth-order valence-electron chi connectivity index (χ4n) is 12.1. The predicted octanol–water partition coefficient (Wildman–Crippen LogP) is 4.43. The van der Waals surface area contributed by atoms with Crippen LogP contribution in [0, 0.1) is 16.7 Å². The highest BCUT2D eigenvalue weighted by Crippen LogP contribution is 2.65. The number of carboxylic acids is 1. The number of rotatable bonds is 18. The Bertz CT molecular complexity index is 3070. The zero-order valence-electron chi connectivity index (χ0n) is 45.0. The number of carboxylic acid groups (broad SMARTS) is 1. The number of hydrogen-bond acceptors (Lipinski definition) is 18. The first-order chi connectivity index (χ1) is 37.9. The molecule has 20 nitrogen and oxygen atoms in total. The molecule has 1 unspecified atom stereocenters. The van der Waals surface area contributed by atoms with Gasteiger partial charge in [0.05, 0.1) is 35.5 Å². The first-order valence-electron chi connectivity index (χ1n) is 26.2. The van der Waals surface area contributed by atoms with Crippen molar-refractivity contribution in [2.75, 3.05) is 13.2 Å². The number of esters is 4. The van der Waals surface area contributed by atoms with E-state index in [2.05, 4.69) is 10.6 Å². The van der Waals surface area contributed by atoms with Gasteiger partial charge in [0.25, 0.3) is 5.91 Å². The topological polar surface area (TPSA) is 297 Å². The van der Waals surface area contributed by atoms with Crippen molar-refractivity contribution in [2.24, 2.45) is 16.7 Å². The van der Waals surface area contributed by atoms with Crippen molar-refractivity contribution in [3.8, 4) is 0 Å². The van der Waals surface area contributed by atoms with E-state index in [0.29, 0.717) is 11.1 Å². The number of ketones is 2. The highest BCUT2D eigenvalue weighted by molar-refractivity contribution is 5.97. The number of benzene rings is 4. The molecule has 11 atom stereocenters. The van der Waals surface area contributed by atoms with Gasteiger partial charge in [-0.05, 0) is 72.4 Å². The smallest absolute Gasteiger partial charge is 0.407 e. The summed E-state index contributed by atoms with van der Waals surface area (Å²) in [6, 6.07) is 28.1. The van der Waals surface area contributed by atoms with E-state index < -0.39 is 131 Å². The van der Waals surface area contributed by atoms with Gasteiger partial charge in [0.15, 0.2) is 23.6 Å². The normalized spacial score (nSPS) is 27.1. The minimum absolute atomic E-state index is 0.0000940. The van der Waals surface area contributed by atoms with E-state index in [9.17, 15) is 53.7 Å². The van der Waals surface area contributed by atoms with Crippen LogP contribution in [0.3, 0.4) is 0 Å². The van der Waals surface area contributed by atoms with Gasteiger partial charge in [-0.1, -0.05) is 105 Å². The van der Waals surface area contributed by atoms with E-state index in [1.54, 1.807) is 78.9 Å². The lowest BCUT2D eigenvalue weighted by atomic mass is 9.44. The van der Waals surface area contributed by atoms with Gasteiger partial charge in [0, 0.05) is 57.1 Å². The molecule has 0 spiro atoms. The quantitative estimate of drug-likeness (QED) is 0.0464. The highest BCUT2D eigenvalue weighted by atomic mass is 16.6. The molecule has 2 amide bonds. The number of alkyl carbamates (subject to hydrolysis) is 1. The van der Waals surface area contributed by atoms with Crippen molar-refractivity contribution in [3.63, 3.8) is 0 Å². The van der Waals surface area contributed by atoms with Crippen molar-refractivity contribution >= 4 is 53.4 Å². The lowest BCUT2D eigenvalue weighted by Crippen LogP contribution is -2.82. The van der Waals surface area contributed by atoms with Crippen molar-refractivity contribution in [3.05, 3.63) is 154 Å². The first-order valence-corrected chi connectivity index (χ1v) is 26.2. The third-order valence-corrected chi connectivity index (χ3v) is 16.2. The number of hydrogen-bond donors (Lipinski definition) is 4.